The number of ether oxygens (including phenoxy) is 1. The number of likely N-dealkylation sites (tertiary alicyclic amines) is 1. The molecule has 1 N–H and O–H groups in total. The lowest BCUT2D eigenvalue weighted by Gasteiger charge is -2.23. The third-order valence-electron chi connectivity index (χ3n) is 4.57. The Balaban J connectivity index is 1.62. The number of rotatable bonds is 5. The maximum absolute atomic E-state index is 12.7. The van der Waals surface area contributed by atoms with Gasteiger partial charge in [-0.25, -0.2) is 9.69 Å². The van der Waals surface area contributed by atoms with E-state index in [0.717, 1.165) is 16.0 Å². The van der Waals surface area contributed by atoms with E-state index < -0.39 is 12.1 Å². The van der Waals surface area contributed by atoms with E-state index in [1.54, 1.807) is 0 Å². The molecule has 140 valence electrons. The van der Waals surface area contributed by atoms with Gasteiger partial charge in [0.1, 0.15) is 12.6 Å². The quantitative estimate of drug-likeness (QED) is 0.882. The number of imide groups is 1. The fraction of sp³-hybridized carbons (Fsp3) is 0.286. The predicted octanol–water partition coefficient (Wildman–Crippen LogP) is 3.19. The molecule has 1 heterocycles. The molecule has 1 aliphatic heterocycles. The average molecular weight is 366 g/mol. The van der Waals surface area contributed by atoms with Gasteiger partial charge in [0.25, 0.3) is 0 Å². The molecule has 0 aliphatic carbocycles. The van der Waals surface area contributed by atoms with Crippen LogP contribution in [0.2, 0.25) is 0 Å². The summed E-state index contributed by atoms with van der Waals surface area (Å²) in [5.74, 6) is -0.741. The van der Waals surface area contributed by atoms with Gasteiger partial charge in [0.15, 0.2) is 0 Å². The summed E-state index contributed by atoms with van der Waals surface area (Å²) in [5.41, 5.74) is 1.77. The van der Waals surface area contributed by atoms with Gasteiger partial charge in [0, 0.05) is 6.42 Å². The first kappa shape index (κ1) is 18.6. The highest BCUT2D eigenvalue weighted by molar-refractivity contribution is 6.00. The molecule has 27 heavy (non-hydrogen) atoms. The normalized spacial score (nSPS) is 17.4. The third-order valence-corrected chi connectivity index (χ3v) is 4.57. The lowest BCUT2D eigenvalue weighted by atomic mass is 10.1. The molecule has 3 amide bonds. The van der Waals surface area contributed by atoms with Crippen LogP contribution >= 0.6 is 0 Å². The molecule has 3 rings (SSSR count). The molecule has 0 spiro atoms. The van der Waals surface area contributed by atoms with Gasteiger partial charge in [-0.15, -0.1) is 0 Å². The van der Waals surface area contributed by atoms with E-state index in [9.17, 15) is 14.4 Å². The van der Waals surface area contributed by atoms with E-state index in [2.05, 4.69) is 5.32 Å². The minimum Gasteiger partial charge on any atom is -0.444 e. The number of amides is 3. The van der Waals surface area contributed by atoms with Gasteiger partial charge in [-0.3, -0.25) is 9.59 Å². The number of carbonyl (C=O) groups excluding carboxylic acids is 3. The molecule has 0 saturated carbocycles. The molecule has 1 aliphatic rings. The zero-order valence-corrected chi connectivity index (χ0v) is 15.1. The smallest absolute Gasteiger partial charge is 0.417 e. The highest BCUT2D eigenvalue weighted by atomic mass is 16.6. The summed E-state index contributed by atoms with van der Waals surface area (Å²) in [5, 5.41) is 2.88. The Hall–Kier alpha value is -3.15. The molecule has 0 aromatic heterocycles. The van der Waals surface area contributed by atoms with Crippen LogP contribution in [0.5, 0.6) is 0 Å². The molecular formula is C21H22N2O4. The lowest BCUT2D eigenvalue weighted by Crippen LogP contribution is -2.48. The van der Waals surface area contributed by atoms with Crippen LogP contribution < -0.4 is 5.32 Å². The summed E-state index contributed by atoms with van der Waals surface area (Å²) in [4.78, 5) is 38.1. The SMILES string of the molecule is C[C@H](NC(=O)[C@H]1CCC(=O)N1C(=O)OCc1ccccc1)c1ccccc1. The highest BCUT2D eigenvalue weighted by Crippen LogP contribution is 2.22. The van der Waals surface area contributed by atoms with Gasteiger partial charge in [0.2, 0.25) is 11.8 Å². The standard InChI is InChI=1S/C21H22N2O4/c1-15(17-10-6-3-7-11-17)22-20(25)18-12-13-19(24)23(18)21(26)27-14-16-8-4-2-5-9-16/h2-11,15,18H,12-14H2,1H3,(H,22,25)/t15-,18+/m0/s1. The van der Waals surface area contributed by atoms with Gasteiger partial charge in [-0.1, -0.05) is 60.7 Å². The van der Waals surface area contributed by atoms with Gasteiger partial charge in [0.05, 0.1) is 6.04 Å². The lowest BCUT2D eigenvalue weighted by molar-refractivity contribution is -0.134. The van der Waals surface area contributed by atoms with E-state index in [1.165, 1.54) is 0 Å². The van der Waals surface area contributed by atoms with Gasteiger partial charge in [-0.2, -0.15) is 0 Å². The third kappa shape index (κ3) is 4.53. The second-order valence-electron chi connectivity index (χ2n) is 6.50. The van der Waals surface area contributed by atoms with Crippen molar-refractivity contribution in [2.24, 2.45) is 0 Å². The van der Waals surface area contributed by atoms with Crippen molar-refractivity contribution >= 4 is 17.9 Å². The van der Waals surface area contributed by atoms with E-state index in [0.29, 0.717) is 6.42 Å². The summed E-state index contributed by atoms with van der Waals surface area (Å²) in [6.07, 6.45) is -0.334. The molecule has 1 fully saturated rings. The first-order valence-electron chi connectivity index (χ1n) is 8.94. The van der Waals surface area contributed by atoms with Crippen molar-refractivity contribution in [1.29, 1.82) is 0 Å². The Morgan fingerprint density at radius 2 is 1.74 bits per heavy atom. The Labute approximate surface area is 158 Å². The van der Waals surface area contributed by atoms with Crippen LogP contribution in [-0.4, -0.2) is 28.8 Å². The van der Waals surface area contributed by atoms with Crippen LogP contribution in [-0.2, 0) is 20.9 Å². The number of benzene rings is 2. The second-order valence-corrected chi connectivity index (χ2v) is 6.50. The van der Waals surface area contributed by atoms with Crippen LogP contribution in [0, 0.1) is 0 Å². The molecule has 1 saturated heterocycles. The maximum Gasteiger partial charge on any atom is 0.417 e. The highest BCUT2D eigenvalue weighted by Gasteiger charge is 2.41. The largest absolute Gasteiger partial charge is 0.444 e. The van der Waals surface area contributed by atoms with Crippen molar-refractivity contribution in [3.8, 4) is 0 Å². The van der Waals surface area contributed by atoms with E-state index >= 15 is 0 Å². The monoisotopic (exact) mass is 366 g/mol. The zero-order chi connectivity index (χ0) is 19.2. The van der Waals surface area contributed by atoms with Crippen LogP contribution in [0.25, 0.3) is 0 Å². The molecule has 6 nitrogen and oxygen atoms in total. The number of hydrogen-bond donors (Lipinski definition) is 1. The Morgan fingerprint density at radius 1 is 1.11 bits per heavy atom. The molecule has 0 radical (unpaired) electrons. The van der Waals surface area contributed by atoms with Gasteiger partial charge in [-0.05, 0) is 24.5 Å². The van der Waals surface area contributed by atoms with Crippen molar-refractivity contribution in [3.05, 3.63) is 71.8 Å². The number of nitrogens with zero attached hydrogens (tertiary/aromatic N) is 1. The Kier molecular flexibility index (Phi) is 5.86. The molecule has 2 aromatic carbocycles. The molecule has 2 atom stereocenters. The van der Waals surface area contributed by atoms with Crippen LogP contribution in [0.4, 0.5) is 4.79 Å². The van der Waals surface area contributed by atoms with Gasteiger partial charge < -0.3 is 10.1 Å². The van der Waals surface area contributed by atoms with Crippen molar-refractivity contribution in [2.75, 3.05) is 0 Å². The van der Waals surface area contributed by atoms with E-state index in [4.69, 9.17) is 4.74 Å². The van der Waals surface area contributed by atoms with E-state index in [1.807, 2.05) is 67.6 Å². The summed E-state index contributed by atoms with van der Waals surface area (Å²) < 4.78 is 5.24. The topological polar surface area (TPSA) is 75.7 Å². The summed E-state index contributed by atoms with van der Waals surface area (Å²) >= 11 is 0. The minimum atomic E-state index is -0.841. The van der Waals surface area contributed by atoms with Crippen LogP contribution in [0.3, 0.4) is 0 Å². The predicted molar refractivity (Wildman–Crippen MR) is 99.5 cm³/mol. The van der Waals surface area contributed by atoms with Crippen molar-refractivity contribution in [2.45, 2.75) is 38.5 Å². The average Bonchev–Trinajstić information content (AvgIpc) is 3.09. The first-order chi connectivity index (χ1) is 13.1. The van der Waals surface area contributed by atoms with Crippen LogP contribution in [0.1, 0.15) is 36.9 Å². The molecule has 0 bridgehead atoms. The summed E-state index contributed by atoms with van der Waals surface area (Å²) in [7, 11) is 0. The van der Waals surface area contributed by atoms with Crippen LogP contribution in [0.15, 0.2) is 60.7 Å². The Morgan fingerprint density at radius 3 is 2.41 bits per heavy atom. The summed E-state index contributed by atoms with van der Waals surface area (Å²) in [6.45, 7) is 1.92. The zero-order valence-electron chi connectivity index (χ0n) is 15.1. The molecule has 0 unspecified atom stereocenters. The number of hydrogen-bond acceptors (Lipinski definition) is 4. The summed E-state index contributed by atoms with van der Waals surface area (Å²) in [6, 6.07) is 17.6. The van der Waals surface area contributed by atoms with Crippen molar-refractivity contribution in [1.82, 2.24) is 10.2 Å². The molecular weight excluding hydrogens is 344 g/mol. The number of carbonyl (C=O) groups is 3. The fourth-order valence-electron chi connectivity index (χ4n) is 3.08. The number of nitrogens with one attached hydrogen (secondary N) is 1. The first-order valence-corrected chi connectivity index (χ1v) is 8.94. The van der Waals surface area contributed by atoms with Crippen molar-refractivity contribution in [3.63, 3.8) is 0 Å². The van der Waals surface area contributed by atoms with Gasteiger partial charge >= 0.3 is 6.09 Å². The second kappa shape index (κ2) is 8.49. The maximum atomic E-state index is 12.7. The fourth-order valence-corrected chi connectivity index (χ4v) is 3.08. The molecule has 2 aromatic rings. The molecule has 6 heteroatoms. The minimum absolute atomic E-state index is 0.0538. The van der Waals surface area contributed by atoms with E-state index in [-0.39, 0.29) is 30.9 Å². The van der Waals surface area contributed by atoms with Crippen molar-refractivity contribution < 1.29 is 19.1 Å². The Bertz CT molecular complexity index is 807.